The smallest absolute Gasteiger partial charge is 0.412 e. The van der Waals surface area contributed by atoms with Crippen molar-refractivity contribution < 1.29 is 32.6 Å². The van der Waals surface area contributed by atoms with Crippen LogP contribution in [0.1, 0.15) is 59.0 Å². The zero-order chi connectivity index (χ0) is 32.6. The van der Waals surface area contributed by atoms with Gasteiger partial charge < -0.3 is 24.6 Å². The molecule has 0 saturated carbocycles. The second-order valence-corrected chi connectivity index (χ2v) is 13.3. The summed E-state index contributed by atoms with van der Waals surface area (Å²) >= 11 is 0.734. The largest absolute Gasteiger partial charge is 0.444 e. The number of rotatable bonds is 5. The number of nitrogens with zero attached hydrogens (tertiary/aromatic N) is 5. The lowest BCUT2D eigenvalue weighted by atomic mass is 10.2. The monoisotopic (exact) mass is 633 g/mol. The van der Waals surface area contributed by atoms with Crippen LogP contribution in [0, 0.1) is 11.6 Å². The molecule has 2 N–H and O–H groups in total. The summed E-state index contributed by atoms with van der Waals surface area (Å²) in [5.74, 6) is -1.91. The fourth-order valence-corrected chi connectivity index (χ4v) is 5.58. The minimum Gasteiger partial charge on any atom is -0.444 e. The Bertz CT molecular complexity index is 1540. The number of piperazine rings is 1. The molecule has 1 saturated heterocycles. The Morgan fingerprint density at radius 1 is 1.00 bits per heavy atom. The van der Waals surface area contributed by atoms with Crippen molar-refractivity contribution in [1.29, 1.82) is 0 Å². The number of hydrogen-bond donors (Lipinski definition) is 2. The van der Waals surface area contributed by atoms with Gasteiger partial charge in [0.1, 0.15) is 38.5 Å². The van der Waals surface area contributed by atoms with Crippen LogP contribution in [-0.2, 0) is 16.5 Å². The highest BCUT2D eigenvalue weighted by Crippen LogP contribution is 2.36. The molecule has 1 atom stereocenters. The van der Waals surface area contributed by atoms with Gasteiger partial charge in [-0.25, -0.2) is 23.4 Å². The number of hydrogen-bond acceptors (Lipinski definition) is 9. The predicted octanol–water partition coefficient (Wildman–Crippen LogP) is 5.87. The lowest BCUT2D eigenvalue weighted by molar-refractivity contribution is 0.0158. The Kier molecular flexibility index (Phi) is 9.18. The minimum atomic E-state index is -0.872. The van der Waals surface area contributed by atoms with Gasteiger partial charge in [0, 0.05) is 32.7 Å². The number of ether oxygens (including phenoxy) is 2. The number of nitrogens with one attached hydrogen (secondary N) is 2. The van der Waals surface area contributed by atoms with Gasteiger partial charge in [-0.1, -0.05) is 17.4 Å². The lowest BCUT2D eigenvalue weighted by Gasteiger charge is -2.41. The van der Waals surface area contributed by atoms with E-state index in [1.54, 1.807) is 37.4 Å². The SMILES string of the molecule is C[C@H]1CN(c2c(NC(=O)c3nc(-c4c(F)cccc4F)sc3NC(=O)OC(C)(C)C)cnn2C)CCN1C(=O)OC(C)(C)C. The normalized spacial score (nSPS) is 15.6. The Labute approximate surface area is 258 Å². The lowest BCUT2D eigenvalue weighted by Crippen LogP contribution is -2.55. The van der Waals surface area contributed by atoms with Crippen LogP contribution in [0.15, 0.2) is 24.4 Å². The van der Waals surface area contributed by atoms with Gasteiger partial charge in [0.15, 0.2) is 11.5 Å². The number of carbonyl (C=O) groups excluding carboxylic acids is 3. The summed E-state index contributed by atoms with van der Waals surface area (Å²) < 4.78 is 41.7. The molecule has 44 heavy (non-hydrogen) atoms. The van der Waals surface area contributed by atoms with Crippen LogP contribution in [0.5, 0.6) is 0 Å². The standard InChI is InChI=1S/C29H37F2N7O5S/c1-16-15-37(12-13-38(16)27(41)43-29(5,6)7)25-19(14-32-36(25)8)33-22(39)21-24(35-26(40)42-28(2,3)4)44-23(34-21)20-17(30)10-9-11-18(20)31/h9-11,14,16H,12-13,15H2,1-8H3,(H,33,39)(H,35,40)/t16-/m0/s1. The van der Waals surface area contributed by atoms with E-state index in [-0.39, 0.29) is 21.7 Å². The summed E-state index contributed by atoms with van der Waals surface area (Å²) in [5, 5.41) is 9.37. The summed E-state index contributed by atoms with van der Waals surface area (Å²) in [7, 11) is 1.72. The van der Waals surface area contributed by atoms with Gasteiger partial charge in [-0.3, -0.25) is 14.8 Å². The van der Waals surface area contributed by atoms with Gasteiger partial charge in [-0.2, -0.15) is 5.10 Å². The fraction of sp³-hybridized carbons (Fsp3) is 0.483. The maximum Gasteiger partial charge on any atom is 0.412 e. The van der Waals surface area contributed by atoms with Crippen LogP contribution in [0.4, 0.5) is 34.9 Å². The van der Waals surface area contributed by atoms with E-state index in [1.165, 1.54) is 12.3 Å². The number of anilines is 3. The number of amides is 3. The molecule has 3 heterocycles. The summed E-state index contributed by atoms with van der Waals surface area (Å²) in [6.07, 6.45) is 0.191. The van der Waals surface area contributed by atoms with Crippen molar-refractivity contribution in [2.24, 2.45) is 7.05 Å². The van der Waals surface area contributed by atoms with Crippen LogP contribution in [0.25, 0.3) is 10.6 Å². The predicted molar refractivity (Wildman–Crippen MR) is 163 cm³/mol. The number of aromatic nitrogens is 3. The van der Waals surface area contributed by atoms with Crippen LogP contribution in [0.2, 0.25) is 0 Å². The second-order valence-electron chi connectivity index (χ2n) is 12.3. The first kappa shape index (κ1) is 32.6. The first-order chi connectivity index (χ1) is 20.4. The third-order valence-corrected chi connectivity index (χ3v) is 7.33. The van der Waals surface area contributed by atoms with Crippen molar-refractivity contribution in [2.45, 2.75) is 65.7 Å². The van der Waals surface area contributed by atoms with Crippen LogP contribution in [0.3, 0.4) is 0 Å². The molecule has 1 aliphatic heterocycles. The molecule has 15 heteroatoms. The quantitative estimate of drug-likeness (QED) is 0.357. The van der Waals surface area contributed by atoms with E-state index >= 15 is 0 Å². The molecule has 3 aromatic rings. The first-order valence-corrected chi connectivity index (χ1v) is 14.8. The summed E-state index contributed by atoms with van der Waals surface area (Å²) in [5.41, 5.74) is -1.82. The topological polar surface area (TPSA) is 131 Å². The van der Waals surface area contributed by atoms with E-state index in [2.05, 4.69) is 20.7 Å². The molecule has 0 radical (unpaired) electrons. The zero-order valence-electron chi connectivity index (χ0n) is 25.9. The molecular formula is C29H37F2N7O5S. The highest BCUT2D eigenvalue weighted by molar-refractivity contribution is 7.19. The molecule has 1 aliphatic rings. The summed E-state index contributed by atoms with van der Waals surface area (Å²) in [6, 6.07) is 3.16. The fourth-order valence-electron chi connectivity index (χ4n) is 4.58. The van der Waals surface area contributed by atoms with E-state index < -0.39 is 46.5 Å². The molecule has 0 aliphatic carbocycles. The summed E-state index contributed by atoms with van der Waals surface area (Å²) in [4.78, 5) is 46.8. The Morgan fingerprint density at radius 2 is 1.64 bits per heavy atom. The van der Waals surface area contributed by atoms with Gasteiger partial charge in [-0.15, -0.1) is 0 Å². The van der Waals surface area contributed by atoms with Gasteiger partial charge in [0.05, 0.1) is 11.8 Å². The molecule has 2 aromatic heterocycles. The van der Waals surface area contributed by atoms with Gasteiger partial charge >= 0.3 is 12.2 Å². The van der Waals surface area contributed by atoms with Crippen molar-refractivity contribution in [3.63, 3.8) is 0 Å². The molecule has 1 aromatic carbocycles. The first-order valence-electron chi connectivity index (χ1n) is 14.0. The van der Waals surface area contributed by atoms with Crippen molar-refractivity contribution in [2.75, 3.05) is 35.2 Å². The number of aryl methyl sites for hydroxylation is 1. The molecule has 3 amide bonds. The van der Waals surface area contributed by atoms with Crippen LogP contribution < -0.4 is 15.5 Å². The number of thiazole rings is 1. The Morgan fingerprint density at radius 3 is 2.23 bits per heavy atom. The van der Waals surface area contributed by atoms with Crippen molar-refractivity contribution in [3.05, 3.63) is 41.7 Å². The van der Waals surface area contributed by atoms with Crippen LogP contribution in [-0.4, -0.2) is 74.6 Å². The third-order valence-electron chi connectivity index (χ3n) is 6.34. The molecule has 4 rings (SSSR count). The maximum atomic E-state index is 14.6. The third kappa shape index (κ3) is 7.62. The van der Waals surface area contributed by atoms with Crippen LogP contribution >= 0.6 is 11.3 Å². The average molecular weight is 634 g/mol. The molecule has 1 fully saturated rings. The van der Waals surface area contributed by atoms with E-state index in [1.807, 2.05) is 32.6 Å². The Balaban J connectivity index is 1.60. The zero-order valence-corrected chi connectivity index (χ0v) is 26.8. The van der Waals surface area contributed by atoms with Gasteiger partial charge in [0.2, 0.25) is 0 Å². The molecule has 238 valence electrons. The summed E-state index contributed by atoms with van der Waals surface area (Å²) in [6.45, 7) is 13.6. The molecule has 12 nitrogen and oxygen atoms in total. The minimum absolute atomic E-state index is 0.0561. The number of halogens is 2. The maximum absolute atomic E-state index is 14.6. The average Bonchev–Trinajstić information content (AvgIpc) is 3.44. The molecule has 0 unspecified atom stereocenters. The van der Waals surface area contributed by atoms with E-state index in [0.717, 1.165) is 23.5 Å². The highest BCUT2D eigenvalue weighted by Gasteiger charge is 2.33. The van der Waals surface area contributed by atoms with E-state index in [0.29, 0.717) is 31.1 Å². The Hall–Kier alpha value is -4.27. The molecule has 0 bridgehead atoms. The van der Waals surface area contributed by atoms with E-state index in [9.17, 15) is 23.2 Å². The van der Waals surface area contributed by atoms with Gasteiger partial charge in [0.25, 0.3) is 5.91 Å². The van der Waals surface area contributed by atoms with E-state index in [4.69, 9.17) is 9.47 Å². The highest BCUT2D eigenvalue weighted by atomic mass is 32.1. The van der Waals surface area contributed by atoms with Crippen molar-refractivity contribution in [1.82, 2.24) is 19.7 Å². The molecular weight excluding hydrogens is 596 g/mol. The van der Waals surface area contributed by atoms with Gasteiger partial charge in [-0.05, 0) is 60.6 Å². The number of benzene rings is 1. The number of carbonyl (C=O) groups is 3. The molecule has 0 spiro atoms. The van der Waals surface area contributed by atoms with Crippen molar-refractivity contribution >= 4 is 45.9 Å². The van der Waals surface area contributed by atoms with Crippen molar-refractivity contribution in [3.8, 4) is 10.6 Å². The second kappa shape index (κ2) is 12.4.